The van der Waals surface area contributed by atoms with Gasteiger partial charge in [-0.2, -0.15) is 0 Å². The third-order valence-electron chi connectivity index (χ3n) is 5.41. The number of hydrogen-bond donors (Lipinski definition) is 1. The molecule has 4 nitrogen and oxygen atoms in total. The summed E-state index contributed by atoms with van der Waals surface area (Å²) in [5.41, 5.74) is 2.61. The smallest absolute Gasteiger partial charge is 0.115 e. The zero-order valence-corrected chi connectivity index (χ0v) is 17.0. The zero-order valence-electron chi connectivity index (χ0n) is 16.2. The van der Waals surface area contributed by atoms with Crippen LogP contribution in [0.25, 0.3) is 10.1 Å². The maximum Gasteiger partial charge on any atom is 0.115 e. The van der Waals surface area contributed by atoms with E-state index in [4.69, 9.17) is 4.74 Å². The Labute approximate surface area is 171 Å². The molecule has 2 heterocycles. The predicted octanol–water partition coefficient (Wildman–Crippen LogP) is 3.98. The lowest BCUT2D eigenvalue weighted by Gasteiger charge is -2.34. The molecule has 1 N–H and O–H groups in total. The van der Waals surface area contributed by atoms with Crippen LogP contribution in [0.2, 0.25) is 0 Å². The van der Waals surface area contributed by atoms with Gasteiger partial charge in [-0.15, -0.1) is 11.3 Å². The van der Waals surface area contributed by atoms with Gasteiger partial charge >= 0.3 is 0 Å². The van der Waals surface area contributed by atoms with Crippen molar-refractivity contribution in [2.45, 2.75) is 13.0 Å². The van der Waals surface area contributed by atoms with Crippen LogP contribution in [-0.4, -0.2) is 60.8 Å². The summed E-state index contributed by atoms with van der Waals surface area (Å²) in [5, 5.41) is 12.9. The molecule has 1 aliphatic heterocycles. The molecule has 2 aromatic carbocycles. The van der Waals surface area contributed by atoms with Gasteiger partial charge in [0.1, 0.15) is 5.75 Å². The fourth-order valence-corrected chi connectivity index (χ4v) is 4.46. The second-order valence-corrected chi connectivity index (χ2v) is 8.39. The van der Waals surface area contributed by atoms with E-state index >= 15 is 0 Å². The van der Waals surface area contributed by atoms with E-state index in [9.17, 15) is 5.11 Å². The van der Waals surface area contributed by atoms with E-state index in [2.05, 4.69) is 39.4 Å². The highest BCUT2D eigenvalue weighted by Crippen LogP contribution is 2.22. The molecule has 0 aliphatic carbocycles. The second kappa shape index (κ2) is 9.52. The summed E-state index contributed by atoms with van der Waals surface area (Å²) in [6.07, 6.45) is 0.978. The van der Waals surface area contributed by atoms with E-state index in [1.54, 1.807) is 23.5 Å². The number of phenols is 1. The van der Waals surface area contributed by atoms with Gasteiger partial charge in [-0.3, -0.25) is 9.80 Å². The van der Waals surface area contributed by atoms with E-state index in [-0.39, 0.29) is 0 Å². The van der Waals surface area contributed by atoms with Crippen molar-refractivity contribution in [3.05, 3.63) is 65.0 Å². The normalized spacial score (nSPS) is 16.0. The number of ether oxygens (including phenoxy) is 1. The van der Waals surface area contributed by atoms with Gasteiger partial charge in [-0.25, -0.2) is 0 Å². The number of phenolic OH excluding ortho intramolecular Hbond substituents is 1. The summed E-state index contributed by atoms with van der Waals surface area (Å²) in [4.78, 5) is 4.97. The highest BCUT2D eigenvalue weighted by atomic mass is 32.1. The number of piperazine rings is 1. The van der Waals surface area contributed by atoms with Crippen molar-refractivity contribution in [1.82, 2.24) is 9.80 Å². The number of nitrogens with zero attached hydrogens (tertiary/aromatic N) is 2. The SMILES string of the molecule is Oc1ccc(CN2CCN(CCOCCc3ccc4sccc4c3)CC2)cc1. The highest BCUT2D eigenvalue weighted by molar-refractivity contribution is 7.17. The van der Waals surface area contributed by atoms with Crippen LogP contribution < -0.4 is 0 Å². The van der Waals surface area contributed by atoms with Crippen molar-refractivity contribution < 1.29 is 9.84 Å². The van der Waals surface area contributed by atoms with E-state index < -0.39 is 0 Å². The van der Waals surface area contributed by atoms with Crippen LogP contribution >= 0.6 is 11.3 Å². The maximum atomic E-state index is 9.38. The van der Waals surface area contributed by atoms with Gasteiger partial charge in [-0.05, 0) is 52.6 Å². The summed E-state index contributed by atoms with van der Waals surface area (Å²) in [6.45, 7) is 7.92. The number of fused-ring (bicyclic) bond motifs is 1. The monoisotopic (exact) mass is 396 g/mol. The molecule has 5 heteroatoms. The molecular formula is C23H28N2O2S. The standard InChI is InChI=1S/C23H28N2O2S/c26-22-4-1-20(2-5-22)18-25-11-9-24(10-12-25)13-15-27-14-7-19-3-6-23-21(17-19)8-16-28-23/h1-6,8,16-17,26H,7,9-15,18H2. The first-order chi connectivity index (χ1) is 13.8. The first-order valence-electron chi connectivity index (χ1n) is 10.0. The Hall–Kier alpha value is -1.92. The average Bonchev–Trinajstić information content (AvgIpc) is 3.19. The van der Waals surface area contributed by atoms with E-state index in [0.29, 0.717) is 5.75 Å². The van der Waals surface area contributed by atoms with Crippen molar-refractivity contribution in [3.8, 4) is 5.75 Å². The Bertz CT molecular complexity index is 870. The first kappa shape index (κ1) is 19.4. The molecule has 0 radical (unpaired) electrons. The third-order valence-corrected chi connectivity index (χ3v) is 6.31. The summed E-state index contributed by atoms with van der Waals surface area (Å²) in [7, 11) is 0. The predicted molar refractivity (Wildman–Crippen MR) is 116 cm³/mol. The number of hydrogen-bond acceptors (Lipinski definition) is 5. The molecule has 1 aromatic heterocycles. The number of aromatic hydroxyl groups is 1. The lowest BCUT2D eigenvalue weighted by Crippen LogP contribution is -2.46. The molecule has 148 valence electrons. The molecule has 4 rings (SSSR count). The van der Waals surface area contributed by atoms with Crippen molar-refractivity contribution in [1.29, 1.82) is 0 Å². The third kappa shape index (κ3) is 5.32. The molecular weight excluding hydrogens is 368 g/mol. The Morgan fingerprint density at radius 3 is 2.43 bits per heavy atom. The van der Waals surface area contributed by atoms with Gasteiger partial charge in [0, 0.05) is 44.0 Å². The van der Waals surface area contributed by atoms with Crippen molar-refractivity contribution in [2.24, 2.45) is 0 Å². The highest BCUT2D eigenvalue weighted by Gasteiger charge is 2.16. The molecule has 3 aromatic rings. The molecule has 0 spiro atoms. The maximum absolute atomic E-state index is 9.38. The minimum absolute atomic E-state index is 0.334. The Kier molecular flexibility index (Phi) is 6.60. The molecule has 0 saturated carbocycles. The molecule has 1 saturated heterocycles. The van der Waals surface area contributed by atoms with Crippen LogP contribution in [0.1, 0.15) is 11.1 Å². The lowest BCUT2D eigenvalue weighted by atomic mass is 10.1. The van der Waals surface area contributed by atoms with Crippen LogP contribution in [0.15, 0.2) is 53.9 Å². The minimum atomic E-state index is 0.334. The minimum Gasteiger partial charge on any atom is -0.508 e. The van der Waals surface area contributed by atoms with Gasteiger partial charge < -0.3 is 9.84 Å². The van der Waals surface area contributed by atoms with Crippen molar-refractivity contribution in [2.75, 3.05) is 45.9 Å². The van der Waals surface area contributed by atoms with Crippen molar-refractivity contribution in [3.63, 3.8) is 0 Å². The Balaban J connectivity index is 1.10. The van der Waals surface area contributed by atoms with Crippen molar-refractivity contribution >= 4 is 21.4 Å². The van der Waals surface area contributed by atoms with E-state index in [1.165, 1.54) is 21.2 Å². The van der Waals surface area contributed by atoms with Crippen LogP contribution in [0.4, 0.5) is 0 Å². The second-order valence-electron chi connectivity index (χ2n) is 7.44. The van der Waals surface area contributed by atoms with E-state index in [0.717, 1.165) is 58.9 Å². The number of rotatable bonds is 8. The largest absolute Gasteiger partial charge is 0.508 e. The summed E-state index contributed by atoms with van der Waals surface area (Å²) in [5.74, 6) is 0.334. The topological polar surface area (TPSA) is 35.9 Å². The molecule has 0 unspecified atom stereocenters. The van der Waals surface area contributed by atoms with Gasteiger partial charge in [0.25, 0.3) is 0 Å². The number of benzene rings is 2. The quantitative estimate of drug-likeness (QED) is 0.584. The summed E-state index contributed by atoms with van der Waals surface area (Å²) < 4.78 is 7.25. The molecule has 0 bridgehead atoms. The number of thiophene rings is 1. The fourth-order valence-electron chi connectivity index (χ4n) is 3.69. The zero-order chi connectivity index (χ0) is 19.2. The average molecular weight is 397 g/mol. The molecule has 0 amide bonds. The van der Waals surface area contributed by atoms with Crippen LogP contribution in [0, 0.1) is 0 Å². The molecule has 1 fully saturated rings. The summed E-state index contributed by atoms with van der Waals surface area (Å²) >= 11 is 1.79. The van der Waals surface area contributed by atoms with E-state index in [1.807, 2.05) is 12.1 Å². The lowest BCUT2D eigenvalue weighted by molar-refractivity contribution is 0.0747. The molecule has 0 atom stereocenters. The first-order valence-corrected chi connectivity index (χ1v) is 10.9. The summed E-state index contributed by atoms with van der Waals surface area (Å²) in [6, 6.07) is 16.4. The Morgan fingerprint density at radius 1 is 0.857 bits per heavy atom. The fraction of sp³-hybridized carbons (Fsp3) is 0.391. The molecule has 28 heavy (non-hydrogen) atoms. The molecule has 1 aliphatic rings. The van der Waals surface area contributed by atoms with Crippen LogP contribution in [0.5, 0.6) is 5.75 Å². The van der Waals surface area contributed by atoms with Crippen LogP contribution in [0.3, 0.4) is 0 Å². The van der Waals surface area contributed by atoms with Gasteiger partial charge in [0.2, 0.25) is 0 Å². The van der Waals surface area contributed by atoms with Crippen LogP contribution in [-0.2, 0) is 17.7 Å². The van der Waals surface area contributed by atoms with Gasteiger partial charge in [-0.1, -0.05) is 24.3 Å². The van der Waals surface area contributed by atoms with Gasteiger partial charge in [0.15, 0.2) is 0 Å². The Morgan fingerprint density at radius 2 is 1.61 bits per heavy atom. The van der Waals surface area contributed by atoms with Gasteiger partial charge in [0.05, 0.1) is 13.2 Å².